The first-order chi connectivity index (χ1) is 10.6. The highest BCUT2D eigenvalue weighted by atomic mass is 32.2. The van der Waals surface area contributed by atoms with Crippen LogP contribution in [0.2, 0.25) is 0 Å². The Bertz CT molecular complexity index is 761. The molecule has 0 radical (unpaired) electrons. The summed E-state index contributed by atoms with van der Waals surface area (Å²) in [6, 6.07) is 7.07. The molecule has 3 rings (SSSR count). The minimum absolute atomic E-state index is 0.361. The average Bonchev–Trinajstić information content (AvgIpc) is 2.50. The summed E-state index contributed by atoms with van der Waals surface area (Å²) in [5, 5.41) is 5.15. The quantitative estimate of drug-likeness (QED) is 0.918. The van der Waals surface area contributed by atoms with E-state index in [0.29, 0.717) is 30.4 Å². The Balaban J connectivity index is 1.92. The summed E-state index contributed by atoms with van der Waals surface area (Å²) in [5.41, 5.74) is 0. The number of fused-ring (bicyclic) bond motifs is 1. The van der Waals surface area contributed by atoms with Crippen molar-refractivity contribution in [3.8, 4) is 0 Å². The SMILES string of the molecule is C[C@@H]1CCN(S(=O)(=O)c2ccc3cnccc3c2)CCNC1. The second-order valence-corrected chi connectivity index (χ2v) is 7.82. The van der Waals surface area contributed by atoms with Gasteiger partial charge in [0.15, 0.2) is 0 Å². The summed E-state index contributed by atoms with van der Waals surface area (Å²) >= 11 is 0. The van der Waals surface area contributed by atoms with Crippen molar-refractivity contribution in [3.63, 3.8) is 0 Å². The number of nitrogens with zero attached hydrogens (tertiary/aromatic N) is 2. The first-order valence-corrected chi connectivity index (χ1v) is 9.06. The first kappa shape index (κ1) is 15.4. The van der Waals surface area contributed by atoms with Crippen LogP contribution in [0.25, 0.3) is 10.8 Å². The molecule has 118 valence electrons. The van der Waals surface area contributed by atoms with Gasteiger partial charge >= 0.3 is 0 Å². The van der Waals surface area contributed by atoms with Crippen LogP contribution >= 0.6 is 0 Å². The maximum atomic E-state index is 12.9. The zero-order chi connectivity index (χ0) is 15.6. The second kappa shape index (κ2) is 6.32. The van der Waals surface area contributed by atoms with Gasteiger partial charge in [0.05, 0.1) is 4.90 Å². The molecule has 2 heterocycles. The average molecular weight is 319 g/mol. The first-order valence-electron chi connectivity index (χ1n) is 7.62. The number of nitrogens with one attached hydrogen (secondary N) is 1. The standard InChI is InChI=1S/C16H21N3O2S/c1-13-5-8-19(9-7-18-11-13)22(20,21)16-3-2-15-12-17-6-4-14(15)10-16/h2-4,6,10,12-13,18H,5,7-9,11H2,1H3/t13-/m1/s1. The molecule has 2 aromatic rings. The predicted molar refractivity (Wildman–Crippen MR) is 87.2 cm³/mol. The zero-order valence-corrected chi connectivity index (χ0v) is 13.5. The molecule has 22 heavy (non-hydrogen) atoms. The Labute approximate surface area is 131 Å². The highest BCUT2D eigenvalue weighted by molar-refractivity contribution is 7.89. The minimum Gasteiger partial charge on any atom is -0.315 e. The van der Waals surface area contributed by atoms with Gasteiger partial charge in [0, 0.05) is 37.4 Å². The van der Waals surface area contributed by atoms with Crippen LogP contribution < -0.4 is 5.32 Å². The lowest BCUT2D eigenvalue weighted by molar-refractivity contribution is 0.332. The molecular formula is C16H21N3O2S. The van der Waals surface area contributed by atoms with Crippen molar-refractivity contribution >= 4 is 20.8 Å². The van der Waals surface area contributed by atoms with Crippen LogP contribution in [-0.2, 0) is 10.0 Å². The molecule has 1 aliphatic heterocycles. The fraction of sp³-hybridized carbons (Fsp3) is 0.438. The molecule has 0 saturated carbocycles. The molecule has 1 aromatic heterocycles. The molecule has 1 atom stereocenters. The van der Waals surface area contributed by atoms with E-state index in [0.717, 1.165) is 23.7 Å². The Morgan fingerprint density at radius 1 is 1.23 bits per heavy atom. The van der Waals surface area contributed by atoms with E-state index in [4.69, 9.17) is 0 Å². The van der Waals surface area contributed by atoms with E-state index in [1.165, 1.54) is 0 Å². The van der Waals surface area contributed by atoms with Gasteiger partial charge in [-0.25, -0.2) is 8.42 Å². The molecule has 1 fully saturated rings. The van der Waals surface area contributed by atoms with Gasteiger partial charge in [-0.15, -0.1) is 0 Å². The van der Waals surface area contributed by atoms with Crippen molar-refractivity contribution in [2.45, 2.75) is 18.2 Å². The minimum atomic E-state index is -3.44. The van der Waals surface area contributed by atoms with Gasteiger partial charge in [-0.3, -0.25) is 4.98 Å². The Kier molecular flexibility index (Phi) is 4.42. The fourth-order valence-electron chi connectivity index (χ4n) is 2.74. The number of hydrogen-bond donors (Lipinski definition) is 1. The number of hydrogen-bond acceptors (Lipinski definition) is 4. The number of benzene rings is 1. The van der Waals surface area contributed by atoms with E-state index in [2.05, 4.69) is 17.2 Å². The lowest BCUT2D eigenvalue weighted by Gasteiger charge is -2.27. The van der Waals surface area contributed by atoms with Crippen molar-refractivity contribution in [1.82, 2.24) is 14.6 Å². The molecule has 1 aromatic carbocycles. The molecule has 1 aliphatic rings. The van der Waals surface area contributed by atoms with E-state index >= 15 is 0 Å². The monoisotopic (exact) mass is 319 g/mol. The van der Waals surface area contributed by atoms with E-state index in [1.807, 2.05) is 12.1 Å². The maximum Gasteiger partial charge on any atom is 0.243 e. The van der Waals surface area contributed by atoms with Crippen LogP contribution in [0, 0.1) is 5.92 Å². The normalized spacial score (nSPS) is 21.4. The molecule has 1 N–H and O–H groups in total. The number of sulfonamides is 1. The van der Waals surface area contributed by atoms with Gasteiger partial charge in [0.25, 0.3) is 0 Å². The third kappa shape index (κ3) is 3.14. The third-order valence-electron chi connectivity index (χ3n) is 4.15. The van der Waals surface area contributed by atoms with Crippen LogP contribution in [0.4, 0.5) is 0 Å². The van der Waals surface area contributed by atoms with Crippen molar-refractivity contribution in [2.75, 3.05) is 26.2 Å². The van der Waals surface area contributed by atoms with E-state index < -0.39 is 10.0 Å². The van der Waals surface area contributed by atoms with E-state index in [-0.39, 0.29) is 0 Å². The molecular weight excluding hydrogens is 298 g/mol. The topological polar surface area (TPSA) is 62.3 Å². The molecule has 0 unspecified atom stereocenters. The van der Waals surface area contributed by atoms with Gasteiger partial charge in [0.2, 0.25) is 10.0 Å². The third-order valence-corrected chi connectivity index (χ3v) is 6.05. The highest BCUT2D eigenvalue weighted by Gasteiger charge is 2.25. The highest BCUT2D eigenvalue weighted by Crippen LogP contribution is 2.22. The molecule has 0 spiro atoms. The zero-order valence-electron chi connectivity index (χ0n) is 12.7. The lowest BCUT2D eigenvalue weighted by atomic mass is 10.1. The number of aromatic nitrogens is 1. The fourth-order valence-corrected chi connectivity index (χ4v) is 4.23. The largest absolute Gasteiger partial charge is 0.315 e. The van der Waals surface area contributed by atoms with Gasteiger partial charge in [-0.05, 0) is 42.5 Å². The smallest absolute Gasteiger partial charge is 0.243 e. The summed E-state index contributed by atoms with van der Waals surface area (Å²) in [4.78, 5) is 4.42. The summed E-state index contributed by atoms with van der Waals surface area (Å²) in [5.74, 6) is 0.487. The van der Waals surface area contributed by atoms with E-state index in [9.17, 15) is 8.42 Å². The Hall–Kier alpha value is -1.50. The summed E-state index contributed by atoms with van der Waals surface area (Å²) in [6.07, 6.45) is 4.30. The van der Waals surface area contributed by atoms with Gasteiger partial charge in [-0.2, -0.15) is 4.31 Å². The second-order valence-electron chi connectivity index (χ2n) is 5.89. The van der Waals surface area contributed by atoms with Crippen LogP contribution in [0.5, 0.6) is 0 Å². The number of rotatable bonds is 2. The van der Waals surface area contributed by atoms with Crippen LogP contribution in [-0.4, -0.2) is 43.9 Å². The van der Waals surface area contributed by atoms with Crippen molar-refractivity contribution < 1.29 is 8.42 Å². The maximum absolute atomic E-state index is 12.9. The molecule has 0 bridgehead atoms. The van der Waals surface area contributed by atoms with Crippen LogP contribution in [0.15, 0.2) is 41.6 Å². The molecule has 5 nitrogen and oxygen atoms in total. The van der Waals surface area contributed by atoms with Crippen LogP contribution in [0.1, 0.15) is 13.3 Å². The van der Waals surface area contributed by atoms with Crippen LogP contribution in [0.3, 0.4) is 0 Å². The summed E-state index contributed by atoms with van der Waals surface area (Å²) in [7, 11) is -3.44. The van der Waals surface area contributed by atoms with Crippen molar-refractivity contribution in [3.05, 3.63) is 36.7 Å². The summed E-state index contributed by atoms with van der Waals surface area (Å²) in [6.45, 7) is 4.90. The molecule has 1 saturated heterocycles. The molecule has 0 amide bonds. The lowest BCUT2D eigenvalue weighted by Crippen LogP contribution is -2.41. The van der Waals surface area contributed by atoms with Gasteiger partial charge in [0.1, 0.15) is 0 Å². The summed E-state index contributed by atoms with van der Waals surface area (Å²) < 4.78 is 27.4. The van der Waals surface area contributed by atoms with Crippen molar-refractivity contribution in [2.24, 2.45) is 5.92 Å². The Morgan fingerprint density at radius 2 is 2.09 bits per heavy atom. The predicted octanol–water partition coefficient (Wildman–Crippen LogP) is 1.85. The Morgan fingerprint density at radius 3 is 2.95 bits per heavy atom. The molecule has 6 heteroatoms. The van der Waals surface area contributed by atoms with Gasteiger partial charge in [-0.1, -0.05) is 13.0 Å². The van der Waals surface area contributed by atoms with Crippen molar-refractivity contribution in [1.29, 1.82) is 0 Å². The van der Waals surface area contributed by atoms with E-state index in [1.54, 1.807) is 28.8 Å². The number of pyridine rings is 1. The van der Waals surface area contributed by atoms with Gasteiger partial charge < -0.3 is 5.32 Å². The molecule has 0 aliphatic carbocycles.